The van der Waals surface area contributed by atoms with E-state index in [0.717, 1.165) is 58.7 Å². The number of aromatic nitrogens is 4. The summed E-state index contributed by atoms with van der Waals surface area (Å²) in [4.78, 5) is 9.33. The molecule has 1 aromatic carbocycles. The molecule has 5 rings (SSSR count). The van der Waals surface area contributed by atoms with Crippen molar-refractivity contribution in [1.29, 1.82) is 0 Å². The molecule has 0 N–H and O–H groups in total. The zero-order valence-electron chi connectivity index (χ0n) is 16.1. The van der Waals surface area contributed by atoms with Crippen molar-refractivity contribution in [2.45, 2.75) is 33.2 Å². The van der Waals surface area contributed by atoms with Crippen molar-refractivity contribution < 1.29 is 4.74 Å². The number of benzene rings is 1. The topological polar surface area (TPSA) is 52.8 Å². The molecule has 0 aliphatic carbocycles. The highest BCUT2D eigenvalue weighted by atomic mass is 16.5. The van der Waals surface area contributed by atoms with Crippen molar-refractivity contribution in [3.8, 4) is 28.3 Å². The van der Waals surface area contributed by atoms with Crippen LogP contribution in [0.4, 0.5) is 0 Å². The maximum Gasteiger partial charge on any atom is 0.121 e. The second kappa shape index (κ2) is 6.75. The highest BCUT2D eigenvalue weighted by Crippen LogP contribution is 2.40. The highest BCUT2D eigenvalue weighted by molar-refractivity contribution is 5.99. The second-order valence-corrected chi connectivity index (χ2v) is 7.13. The van der Waals surface area contributed by atoms with Crippen molar-refractivity contribution >= 4 is 10.9 Å². The summed E-state index contributed by atoms with van der Waals surface area (Å²) in [7, 11) is 0. The number of fused-ring (bicyclic) bond motifs is 2. The van der Waals surface area contributed by atoms with Gasteiger partial charge in [0, 0.05) is 41.1 Å². The number of aryl methyl sites for hydroxylation is 2. The molecular formula is C23H22N4O. The van der Waals surface area contributed by atoms with E-state index in [1.54, 1.807) is 0 Å². The van der Waals surface area contributed by atoms with Gasteiger partial charge in [0.25, 0.3) is 0 Å². The molecule has 3 aromatic heterocycles. The molecule has 0 saturated heterocycles. The molecule has 28 heavy (non-hydrogen) atoms. The first-order valence-electron chi connectivity index (χ1n) is 9.80. The third-order valence-electron chi connectivity index (χ3n) is 5.27. The van der Waals surface area contributed by atoms with Crippen LogP contribution in [0.2, 0.25) is 0 Å². The normalized spacial score (nSPS) is 13.1. The van der Waals surface area contributed by atoms with Crippen LogP contribution >= 0.6 is 0 Å². The quantitative estimate of drug-likeness (QED) is 0.517. The van der Waals surface area contributed by atoms with E-state index in [1.807, 2.05) is 50.4 Å². The van der Waals surface area contributed by atoms with E-state index in [1.165, 1.54) is 11.3 Å². The maximum atomic E-state index is 5.66. The van der Waals surface area contributed by atoms with Crippen LogP contribution < -0.4 is 4.74 Å². The first-order valence-corrected chi connectivity index (χ1v) is 9.80. The van der Waals surface area contributed by atoms with Gasteiger partial charge in [0.1, 0.15) is 11.4 Å². The Hall–Kier alpha value is -3.21. The molecule has 1 aliphatic heterocycles. The van der Waals surface area contributed by atoms with Crippen LogP contribution in [0.25, 0.3) is 33.4 Å². The number of hydrogen-bond donors (Lipinski definition) is 0. The minimum absolute atomic E-state index is 0.644. The van der Waals surface area contributed by atoms with Gasteiger partial charge in [0.05, 0.1) is 17.8 Å². The molecular weight excluding hydrogens is 348 g/mol. The summed E-state index contributed by atoms with van der Waals surface area (Å²) >= 11 is 0. The summed E-state index contributed by atoms with van der Waals surface area (Å²) in [6.45, 7) is 5.62. The third-order valence-corrected chi connectivity index (χ3v) is 5.27. The first kappa shape index (κ1) is 16.9. The fourth-order valence-electron chi connectivity index (χ4n) is 4.07. The summed E-state index contributed by atoms with van der Waals surface area (Å²) < 4.78 is 7.81. The Morgan fingerprint density at radius 1 is 1.14 bits per heavy atom. The molecule has 4 heterocycles. The minimum atomic E-state index is 0.644. The van der Waals surface area contributed by atoms with Gasteiger partial charge < -0.3 is 4.74 Å². The molecule has 140 valence electrons. The van der Waals surface area contributed by atoms with Crippen molar-refractivity contribution in [1.82, 2.24) is 19.7 Å². The maximum absolute atomic E-state index is 5.66. The largest absolute Gasteiger partial charge is 0.494 e. The summed E-state index contributed by atoms with van der Waals surface area (Å²) in [5.41, 5.74) is 7.45. The molecule has 5 heteroatoms. The second-order valence-electron chi connectivity index (χ2n) is 7.13. The van der Waals surface area contributed by atoms with Crippen molar-refractivity contribution in [2.75, 3.05) is 6.61 Å². The highest BCUT2D eigenvalue weighted by Gasteiger charge is 2.25. The standard InChI is InChI=1S/C23H22N4O/c1-3-28-16-9-10-17-18(11-12-24-20(17)14-16)22-21-8-5-13-27(21)26-23(22)19-7-4-6-15(2)25-19/h4,6-7,9-12,14H,3,5,8,13H2,1-2H3. The molecule has 0 amide bonds. The summed E-state index contributed by atoms with van der Waals surface area (Å²) in [5.74, 6) is 0.848. The van der Waals surface area contributed by atoms with Crippen LogP contribution in [0.5, 0.6) is 5.75 Å². The zero-order chi connectivity index (χ0) is 19.1. The third kappa shape index (κ3) is 2.74. The van der Waals surface area contributed by atoms with E-state index in [9.17, 15) is 0 Å². The number of ether oxygens (including phenoxy) is 1. The zero-order valence-corrected chi connectivity index (χ0v) is 16.1. The van der Waals surface area contributed by atoms with Crippen molar-refractivity contribution in [3.63, 3.8) is 0 Å². The Bertz CT molecular complexity index is 1180. The number of rotatable bonds is 4. The lowest BCUT2D eigenvalue weighted by Gasteiger charge is -2.10. The average Bonchev–Trinajstić information content (AvgIpc) is 3.29. The molecule has 0 unspecified atom stereocenters. The van der Waals surface area contributed by atoms with E-state index >= 15 is 0 Å². The van der Waals surface area contributed by atoms with Crippen LogP contribution in [-0.4, -0.2) is 26.4 Å². The first-order chi connectivity index (χ1) is 13.7. The van der Waals surface area contributed by atoms with Crippen molar-refractivity contribution in [2.24, 2.45) is 0 Å². The van der Waals surface area contributed by atoms with Crippen LogP contribution in [0, 0.1) is 6.92 Å². The molecule has 0 atom stereocenters. The molecule has 0 spiro atoms. The molecule has 0 fully saturated rings. The average molecular weight is 370 g/mol. The van der Waals surface area contributed by atoms with Gasteiger partial charge in [-0.15, -0.1) is 0 Å². The van der Waals surface area contributed by atoms with Crippen LogP contribution in [0.1, 0.15) is 24.7 Å². The lowest BCUT2D eigenvalue weighted by atomic mass is 9.96. The monoisotopic (exact) mass is 370 g/mol. The van der Waals surface area contributed by atoms with Gasteiger partial charge >= 0.3 is 0 Å². The van der Waals surface area contributed by atoms with Crippen LogP contribution in [0.15, 0.2) is 48.7 Å². The summed E-state index contributed by atoms with van der Waals surface area (Å²) in [5, 5.41) is 6.05. The smallest absolute Gasteiger partial charge is 0.121 e. The molecule has 0 radical (unpaired) electrons. The molecule has 4 aromatic rings. The van der Waals surface area contributed by atoms with Gasteiger partial charge in [-0.1, -0.05) is 6.07 Å². The van der Waals surface area contributed by atoms with Gasteiger partial charge in [0.15, 0.2) is 0 Å². The van der Waals surface area contributed by atoms with E-state index in [4.69, 9.17) is 14.8 Å². The van der Waals surface area contributed by atoms with Gasteiger partial charge in [-0.2, -0.15) is 5.10 Å². The SMILES string of the molecule is CCOc1ccc2c(-c3c(-c4cccc(C)n4)nn4c3CCC4)ccnc2c1. The van der Waals surface area contributed by atoms with E-state index in [0.29, 0.717) is 6.61 Å². The number of hydrogen-bond acceptors (Lipinski definition) is 4. The Balaban J connectivity index is 1.76. The predicted molar refractivity (Wildman–Crippen MR) is 110 cm³/mol. The summed E-state index contributed by atoms with van der Waals surface area (Å²) in [6, 6.07) is 14.3. The lowest BCUT2D eigenvalue weighted by Crippen LogP contribution is -1.95. The Morgan fingerprint density at radius 2 is 2.07 bits per heavy atom. The molecule has 0 bridgehead atoms. The summed E-state index contributed by atoms with van der Waals surface area (Å²) in [6.07, 6.45) is 4.04. The van der Waals surface area contributed by atoms with E-state index < -0.39 is 0 Å². The molecule has 0 saturated carbocycles. The Kier molecular flexibility index (Phi) is 4.08. The van der Waals surface area contributed by atoms with Gasteiger partial charge in [-0.25, -0.2) is 0 Å². The van der Waals surface area contributed by atoms with Crippen LogP contribution in [0.3, 0.4) is 0 Å². The predicted octanol–water partition coefficient (Wildman–Crippen LogP) is 4.81. The fraction of sp³-hybridized carbons (Fsp3) is 0.261. The van der Waals surface area contributed by atoms with Crippen molar-refractivity contribution in [3.05, 3.63) is 60.0 Å². The van der Waals surface area contributed by atoms with E-state index in [2.05, 4.69) is 21.8 Å². The Morgan fingerprint density at radius 3 is 2.93 bits per heavy atom. The fourth-order valence-corrected chi connectivity index (χ4v) is 4.07. The van der Waals surface area contributed by atoms with Crippen LogP contribution in [-0.2, 0) is 13.0 Å². The number of nitrogens with zero attached hydrogens (tertiary/aromatic N) is 4. The molecule has 1 aliphatic rings. The minimum Gasteiger partial charge on any atom is -0.494 e. The number of pyridine rings is 2. The van der Waals surface area contributed by atoms with Gasteiger partial charge in [-0.3, -0.25) is 14.6 Å². The Labute approximate surface area is 164 Å². The molecule has 5 nitrogen and oxygen atoms in total. The van der Waals surface area contributed by atoms with Gasteiger partial charge in [0.2, 0.25) is 0 Å². The van der Waals surface area contributed by atoms with Gasteiger partial charge in [-0.05, 0) is 62.6 Å². The van der Waals surface area contributed by atoms with E-state index in [-0.39, 0.29) is 0 Å². The lowest BCUT2D eigenvalue weighted by molar-refractivity contribution is 0.340.